The highest BCUT2D eigenvalue weighted by Gasteiger charge is 2.21. The lowest BCUT2D eigenvalue weighted by Gasteiger charge is -2.19. The van der Waals surface area contributed by atoms with Crippen LogP contribution < -0.4 is 26.9 Å². The number of ether oxygens (including phenoxy) is 2. The third-order valence-electron chi connectivity index (χ3n) is 4.22. The third-order valence-corrected chi connectivity index (χ3v) is 4.22. The predicted octanol–water partition coefficient (Wildman–Crippen LogP) is 3.62. The maximum Gasteiger partial charge on any atom is 0.519 e. The first-order valence-electron chi connectivity index (χ1n) is 10.8. The summed E-state index contributed by atoms with van der Waals surface area (Å²) in [7, 11) is 0. The number of amides is 2. The Labute approximate surface area is 209 Å². The summed E-state index contributed by atoms with van der Waals surface area (Å²) in [5, 5.41) is 12.9. The van der Waals surface area contributed by atoms with Crippen LogP contribution in [0.3, 0.4) is 0 Å². The van der Waals surface area contributed by atoms with Gasteiger partial charge in [-0.15, -0.1) is 10.2 Å². The summed E-state index contributed by atoms with van der Waals surface area (Å²) >= 11 is 0. The molecule has 14 nitrogen and oxygen atoms in total. The van der Waals surface area contributed by atoms with Crippen molar-refractivity contribution in [1.29, 1.82) is 0 Å². The van der Waals surface area contributed by atoms with Gasteiger partial charge in [0, 0.05) is 0 Å². The summed E-state index contributed by atoms with van der Waals surface area (Å²) in [6, 6.07) is 9.13. The molecule has 1 aromatic carbocycles. The number of esters is 1. The van der Waals surface area contributed by atoms with Crippen molar-refractivity contribution < 1.29 is 32.7 Å². The van der Waals surface area contributed by atoms with Crippen LogP contribution in [0.4, 0.5) is 27.8 Å². The van der Waals surface area contributed by atoms with Crippen LogP contribution in [0.5, 0.6) is 5.75 Å². The van der Waals surface area contributed by atoms with E-state index in [0.29, 0.717) is 0 Å². The molecule has 2 amide bonds. The van der Waals surface area contributed by atoms with Crippen LogP contribution in [-0.2, 0) is 9.53 Å². The fourth-order valence-electron chi connectivity index (χ4n) is 2.69. The molecular formula is C23H24N6O8. The van der Waals surface area contributed by atoms with Gasteiger partial charge in [0.25, 0.3) is 5.76 Å². The Kier molecular flexibility index (Phi) is 8.02. The molecule has 0 fully saturated rings. The molecule has 0 saturated heterocycles. The molecule has 0 atom stereocenters. The number of hydrogen-bond donors (Lipinski definition) is 3. The van der Waals surface area contributed by atoms with E-state index in [1.165, 1.54) is 31.2 Å². The molecule has 37 heavy (non-hydrogen) atoms. The van der Waals surface area contributed by atoms with Crippen molar-refractivity contribution in [1.82, 2.24) is 10.3 Å². The first-order chi connectivity index (χ1) is 17.4. The highest BCUT2D eigenvalue weighted by atomic mass is 16.6. The van der Waals surface area contributed by atoms with Crippen LogP contribution in [-0.4, -0.2) is 35.1 Å². The van der Waals surface area contributed by atoms with Gasteiger partial charge in [-0.3, -0.25) is 4.79 Å². The molecule has 194 valence electrons. The number of carbonyl (C=O) groups is 3. The van der Waals surface area contributed by atoms with Gasteiger partial charge in [-0.25, -0.2) is 19.4 Å². The number of anilines is 2. The minimum absolute atomic E-state index is 0.0271. The average molecular weight is 512 g/mol. The van der Waals surface area contributed by atoms with Gasteiger partial charge >= 0.3 is 17.9 Å². The van der Waals surface area contributed by atoms with Crippen LogP contribution in [0.25, 0.3) is 0 Å². The number of nitrogen functional groups attached to an aromatic ring is 1. The minimum atomic E-state index is -1.03. The Hall–Kier alpha value is -5.01. The second-order valence-corrected chi connectivity index (χ2v) is 8.40. The van der Waals surface area contributed by atoms with Crippen LogP contribution in [0.15, 0.2) is 60.3 Å². The van der Waals surface area contributed by atoms with Gasteiger partial charge in [0.05, 0.1) is 0 Å². The van der Waals surface area contributed by atoms with E-state index in [1.54, 1.807) is 32.9 Å². The van der Waals surface area contributed by atoms with Gasteiger partial charge in [0.1, 0.15) is 29.3 Å². The lowest BCUT2D eigenvalue weighted by molar-refractivity contribution is -0.115. The number of alkyl carbamates (subject to hydrolysis) is 1. The normalized spacial score (nSPS) is 11.2. The van der Waals surface area contributed by atoms with E-state index in [0.717, 1.165) is 0 Å². The maximum atomic E-state index is 12.3. The molecule has 2 heterocycles. The SMILES string of the molecule is Cc1oc(=O)oc1C(=O)Oc1ccccc1N=Nc1ccc(NC(=O)CNC(=O)OC(C)(C)C)nc1N. The van der Waals surface area contributed by atoms with Crippen molar-refractivity contribution in [3.05, 3.63) is 58.5 Å². The number of carbonyl (C=O) groups excluding carboxylic acids is 3. The van der Waals surface area contributed by atoms with Gasteiger partial charge in [-0.2, -0.15) is 0 Å². The zero-order valence-corrected chi connectivity index (χ0v) is 20.4. The lowest BCUT2D eigenvalue weighted by Crippen LogP contribution is -2.37. The minimum Gasteiger partial charge on any atom is -0.444 e. The highest BCUT2D eigenvalue weighted by molar-refractivity contribution is 5.93. The third kappa shape index (κ3) is 7.74. The molecule has 2 aromatic heterocycles. The van der Waals surface area contributed by atoms with Crippen LogP contribution in [0.1, 0.15) is 37.1 Å². The Morgan fingerprint density at radius 1 is 1.05 bits per heavy atom. The van der Waals surface area contributed by atoms with Gasteiger partial charge in [-0.05, 0) is 52.0 Å². The first kappa shape index (κ1) is 26.6. The van der Waals surface area contributed by atoms with Gasteiger partial charge < -0.3 is 34.7 Å². The van der Waals surface area contributed by atoms with Crippen molar-refractivity contribution in [3.8, 4) is 5.75 Å². The molecule has 0 spiro atoms. The van der Waals surface area contributed by atoms with Crippen molar-refractivity contribution in [3.63, 3.8) is 0 Å². The lowest BCUT2D eigenvalue weighted by atomic mass is 10.2. The van der Waals surface area contributed by atoms with E-state index in [2.05, 4.69) is 34.7 Å². The fourth-order valence-corrected chi connectivity index (χ4v) is 2.69. The predicted molar refractivity (Wildman–Crippen MR) is 129 cm³/mol. The Morgan fingerprint density at radius 2 is 1.76 bits per heavy atom. The first-order valence-corrected chi connectivity index (χ1v) is 10.8. The van der Waals surface area contributed by atoms with Crippen molar-refractivity contribution in [2.75, 3.05) is 17.6 Å². The molecule has 3 aromatic rings. The van der Waals surface area contributed by atoms with Crippen LogP contribution >= 0.6 is 0 Å². The van der Waals surface area contributed by atoms with E-state index in [-0.39, 0.29) is 46.8 Å². The molecule has 3 rings (SSSR count). The molecule has 0 saturated carbocycles. The largest absolute Gasteiger partial charge is 0.519 e. The fraction of sp³-hybridized carbons (Fsp3) is 0.261. The smallest absolute Gasteiger partial charge is 0.444 e. The van der Waals surface area contributed by atoms with Crippen LogP contribution in [0, 0.1) is 6.92 Å². The van der Waals surface area contributed by atoms with Crippen molar-refractivity contribution in [2.45, 2.75) is 33.3 Å². The molecular weight excluding hydrogens is 488 g/mol. The summed E-state index contributed by atoms with van der Waals surface area (Å²) in [6.45, 7) is 6.14. The number of nitrogens with one attached hydrogen (secondary N) is 2. The zero-order chi connectivity index (χ0) is 27.2. The van der Waals surface area contributed by atoms with E-state index in [1.807, 2.05) is 0 Å². The number of azo groups is 1. The standard InChI is InChI=1S/C23H24N6O8/c1-12-18(36-22(33)34-12)20(31)35-15-8-6-5-7-13(15)28-29-14-9-10-16(27-19(14)24)26-17(30)11-25-21(32)37-23(2,3)4/h5-10H,11H2,1-4H3,(H,25,32)(H3,24,26,27,30). The van der Waals surface area contributed by atoms with E-state index >= 15 is 0 Å². The highest BCUT2D eigenvalue weighted by Crippen LogP contribution is 2.31. The number of aromatic nitrogens is 1. The summed E-state index contributed by atoms with van der Waals surface area (Å²) in [4.78, 5) is 51.3. The van der Waals surface area contributed by atoms with Gasteiger partial charge in [0.2, 0.25) is 5.91 Å². The second kappa shape index (κ2) is 11.2. The summed E-state index contributed by atoms with van der Waals surface area (Å²) in [5.74, 6) is -2.82. The zero-order valence-electron chi connectivity index (χ0n) is 20.4. The monoisotopic (exact) mass is 512 g/mol. The molecule has 14 heteroatoms. The van der Waals surface area contributed by atoms with Crippen LogP contribution in [0.2, 0.25) is 0 Å². The molecule has 0 aliphatic carbocycles. The Morgan fingerprint density at radius 3 is 2.41 bits per heavy atom. The number of rotatable bonds is 7. The number of pyridine rings is 1. The number of nitrogens with zero attached hydrogens (tertiary/aromatic N) is 3. The summed E-state index contributed by atoms with van der Waals surface area (Å²) in [6.07, 6.45) is -0.735. The van der Waals surface area contributed by atoms with E-state index in [4.69, 9.17) is 15.2 Å². The maximum absolute atomic E-state index is 12.3. The topological polar surface area (TPSA) is 201 Å². The molecule has 0 aliphatic heterocycles. The summed E-state index contributed by atoms with van der Waals surface area (Å²) < 4.78 is 19.7. The Balaban J connectivity index is 1.64. The summed E-state index contributed by atoms with van der Waals surface area (Å²) in [5.41, 5.74) is 5.57. The molecule has 4 N–H and O–H groups in total. The van der Waals surface area contributed by atoms with E-state index < -0.39 is 29.4 Å². The average Bonchev–Trinajstić information content (AvgIpc) is 3.15. The molecule has 0 radical (unpaired) electrons. The van der Waals surface area contributed by atoms with E-state index in [9.17, 15) is 19.2 Å². The van der Waals surface area contributed by atoms with Crippen molar-refractivity contribution in [2.24, 2.45) is 10.2 Å². The van der Waals surface area contributed by atoms with Gasteiger partial charge in [-0.1, -0.05) is 12.1 Å². The molecule has 0 bridgehead atoms. The quantitative estimate of drug-likeness (QED) is 0.238. The number of hydrogen-bond acceptors (Lipinski definition) is 12. The Bertz CT molecular complexity index is 1400. The molecule has 0 unspecified atom stereocenters. The van der Waals surface area contributed by atoms with Crippen molar-refractivity contribution >= 4 is 41.0 Å². The number of nitrogens with two attached hydrogens (primary N) is 1. The number of benzene rings is 1. The second-order valence-electron chi connectivity index (χ2n) is 8.40. The number of aryl methyl sites for hydroxylation is 1. The van der Waals surface area contributed by atoms with Gasteiger partial charge in [0.15, 0.2) is 17.3 Å². The molecule has 0 aliphatic rings. The number of para-hydroxylation sites is 1.